The Bertz CT molecular complexity index is 709. The molecule has 0 spiro atoms. The maximum absolute atomic E-state index is 12.8. The summed E-state index contributed by atoms with van der Waals surface area (Å²) in [5, 5.41) is 20.8. The quantitative estimate of drug-likeness (QED) is 0.322. The molecule has 5 nitrogen and oxygen atoms in total. The van der Waals surface area contributed by atoms with Crippen LogP contribution >= 0.6 is 0 Å². The molecule has 0 aromatic heterocycles. The molecule has 2 aliphatic carbocycles. The number of carboxylic acids is 1. The zero-order valence-corrected chi connectivity index (χ0v) is 22.0. The van der Waals surface area contributed by atoms with E-state index in [0.29, 0.717) is 24.7 Å². The topological polar surface area (TPSA) is 86.7 Å². The monoisotopic (exact) mass is 440 g/mol. The number of aliphatic hydroxyl groups excluding tert-OH is 1. The fraction of sp³-hybridized carbons (Fsp3) is 0.680. The third kappa shape index (κ3) is 7.88. The number of carboxylic acid groups (broad SMARTS) is 1. The average Bonchev–Trinajstić information content (AvgIpc) is 2.66. The second-order valence-corrected chi connectivity index (χ2v) is 9.66. The van der Waals surface area contributed by atoms with Crippen LogP contribution in [0.5, 0.6) is 0 Å². The number of carbonyl (C=O) groups is 2. The van der Waals surface area contributed by atoms with E-state index in [4.69, 9.17) is 4.74 Å². The van der Waals surface area contributed by atoms with Crippen molar-refractivity contribution in [2.24, 2.45) is 29.1 Å². The van der Waals surface area contributed by atoms with Crippen LogP contribution in [0.1, 0.15) is 66.7 Å². The SMILES string of the molecule is CCC(C)(C)C(=O)O[C@H]1C[C@@H](C)C=C2C=C[C@H](C)[C@H](CC[C@H](O)CC=CC(=O)[O-])[C@@H]21.[Na+]. The molecule has 2 rings (SSSR count). The Morgan fingerprint density at radius 1 is 1.35 bits per heavy atom. The number of esters is 1. The minimum atomic E-state index is -1.25. The normalized spacial score (nSPS) is 29.0. The Balaban J connectivity index is 0.00000480. The van der Waals surface area contributed by atoms with Gasteiger partial charge >= 0.3 is 35.5 Å². The molecule has 31 heavy (non-hydrogen) atoms. The summed E-state index contributed by atoms with van der Waals surface area (Å²) in [6, 6.07) is 0. The van der Waals surface area contributed by atoms with Crippen LogP contribution in [0.2, 0.25) is 0 Å². The van der Waals surface area contributed by atoms with Crippen molar-refractivity contribution in [1.29, 1.82) is 0 Å². The summed E-state index contributed by atoms with van der Waals surface area (Å²) in [5.41, 5.74) is 0.729. The second kappa shape index (κ2) is 12.4. The van der Waals surface area contributed by atoms with Crippen LogP contribution in [0.4, 0.5) is 0 Å². The number of rotatable bonds is 9. The Morgan fingerprint density at radius 3 is 2.65 bits per heavy atom. The second-order valence-electron chi connectivity index (χ2n) is 9.66. The predicted molar refractivity (Wildman–Crippen MR) is 115 cm³/mol. The Kier molecular flexibility index (Phi) is 11.2. The summed E-state index contributed by atoms with van der Waals surface area (Å²) in [5.74, 6) is -0.347. The van der Waals surface area contributed by atoms with Gasteiger partial charge in [0.2, 0.25) is 0 Å². The number of ether oxygens (including phenoxy) is 1. The van der Waals surface area contributed by atoms with E-state index in [2.05, 4.69) is 32.1 Å². The number of aliphatic hydroxyl groups is 1. The number of allylic oxidation sites excluding steroid dienone is 3. The molecule has 0 aromatic carbocycles. The fourth-order valence-electron chi connectivity index (χ4n) is 4.49. The minimum absolute atomic E-state index is 0. The van der Waals surface area contributed by atoms with Crippen molar-refractivity contribution in [1.82, 2.24) is 0 Å². The van der Waals surface area contributed by atoms with Crippen LogP contribution in [0.25, 0.3) is 0 Å². The number of hydrogen-bond donors (Lipinski definition) is 1. The van der Waals surface area contributed by atoms with Gasteiger partial charge in [0.05, 0.1) is 17.5 Å². The molecule has 0 aliphatic heterocycles. The van der Waals surface area contributed by atoms with E-state index >= 15 is 0 Å². The van der Waals surface area contributed by atoms with Gasteiger partial charge in [-0.15, -0.1) is 0 Å². The zero-order valence-electron chi connectivity index (χ0n) is 20.0. The molecule has 0 saturated carbocycles. The first-order chi connectivity index (χ1) is 14.0. The van der Waals surface area contributed by atoms with Crippen molar-refractivity contribution in [3.05, 3.63) is 36.0 Å². The van der Waals surface area contributed by atoms with Crippen LogP contribution in [0.3, 0.4) is 0 Å². The maximum atomic E-state index is 12.8. The first-order valence-electron chi connectivity index (χ1n) is 11.2. The standard InChI is InChI=1S/C25H38O5.Na/c1-6-25(4,5)24(29)30-21-15-16(2)14-18-11-10-17(3)20(23(18)21)13-12-19(26)8-7-9-22(27)28;/h7,9-11,14,16-17,19-21,23,26H,6,8,12-13,15H2,1-5H3,(H,27,28);/q;+1/p-1/t16-,17-,19+,20-,21-,23+;/m0./s1. The molecule has 0 fully saturated rings. The van der Waals surface area contributed by atoms with Crippen molar-refractivity contribution in [2.75, 3.05) is 0 Å². The van der Waals surface area contributed by atoms with Gasteiger partial charge in [-0.2, -0.15) is 0 Å². The van der Waals surface area contributed by atoms with Gasteiger partial charge in [-0.05, 0) is 75.4 Å². The molecule has 0 amide bonds. The number of fused-ring (bicyclic) bond motifs is 1. The van der Waals surface area contributed by atoms with Crippen LogP contribution in [0.15, 0.2) is 36.0 Å². The van der Waals surface area contributed by atoms with Crippen LogP contribution in [-0.2, 0) is 14.3 Å². The number of aliphatic carboxylic acids is 1. The molecule has 0 aromatic rings. The summed E-state index contributed by atoms with van der Waals surface area (Å²) in [4.78, 5) is 23.3. The molecule has 6 atom stereocenters. The van der Waals surface area contributed by atoms with Gasteiger partial charge in [0.1, 0.15) is 6.10 Å². The van der Waals surface area contributed by atoms with Gasteiger partial charge in [-0.25, -0.2) is 0 Å². The smallest absolute Gasteiger partial charge is 0.545 e. The van der Waals surface area contributed by atoms with E-state index in [1.807, 2.05) is 20.8 Å². The van der Waals surface area contributed by atoms with E-state index in [1.165, 1.54) is 11.6 Å². The summed E-state index contributed by atoms with van der Waals surface area (Å²) in [6.45, 7) is 10.2. The fourth-order valence-corrected chi connectivity index (χ4v) is 4.49. The molecule has 0 unspecified atom stereocenters. The van der Waals surface area contributed by atoms with Crippen molar-refractivity contribution in [3.63, 3.8) is 0 Å². The average molecular weight is 441 g/mol. The van der Waals surface area contributed by atoms with Crippen LogP contribution < -0.4 is 34.7 Å². The summed E-state index contributed by atoms with van der Waals surface area (Å²) in [7, 11) is 0. The Hall–Kier alpha value is -0.880. The molecular formula is C25H37NaO5. The third-order valence-electron chi connectivity index (χ3n) is 6.79. The molecule has 0 saturated heterocycles. The Labute approximate surface area is 209 Å². The van der Waals surface area contributed by atoms with Gasteiger partial charge in [0.25, 0.3) is 0 Å². The maximum Gasteiger partial charge on any atom is 1.00 e. The largest absolute Gasteiger partial charge is 1.00 e. The van der Waals surface area contributed by atoms with Gasteiger partial charge in [-0.1, -0.05) is 45.1 Å². The summed E-state index contributed by atoms with van der Waals surface area (Å²) in [6.07, 6.45) is 11.5. The van der Waals surface area contributed by atoms with E-state index < -0.39 is 17.5 Å². The summed E-state index contributed by atoms with van der Waals surface area (Å²) < 4.78 is 6.10. The zero-order chi connectivity index (χ0) is 22.5. The van der Waals surface area contributed by atoms with E-state index in [-0.39, 0.29) is 53.5 Å². The third-order valence-corrected chi connectivity index (χ3v) is 6.79. The van der Waals surface area contributed by atoms with Crippen molar-refractivity contribution < 1.29 is 54.1 Å². The van der Waals surface area contributed by atoms with Crippen LogP contribution in [-0.4, -0.2) is 29.3 Å². The molecule has 168 valence electrons. The van der Waals surface area contributed by atoms with Gasteiger partial charge < -0.3 is 19.7 Å². The molecule has 0 bridgehead atoms. The van der Waals surface area contributed by atoms with E-state index in [1.54, 1.807) is 0 Å². The van der Waals surface area contributed by atoms with Gasteiger partial charge in [-0.3, -0.25) is 4.79 Å². The molecule has 0 radical (unpaired) electrons. The van der Waals surface area contributed by atoms with Crippen molar-refractivity contribution in [3.8, 4) is 0 Å². The molecular weight excluding hydrogens is 403 g/mol. The summed E-state index contributed by atoms with van der Waals surface area (Å²) >= 11 is 0. The first-order valence-corrected chi connectivity index (χ1v) is 11.2. The molecule has 2 aliphatic rings. The van der Waals surface area contributed by atoms with Crippen molar-refractivity contribution >= 4 is 11.9 Å². The van der Waals surface area contributed by atoms with E-state index in [9.17, 15) is 19.8 Å². The Morgan fingerprint density at radius 2 is 2.03 bits per heavy atom. The minimum Gasteiger partial charge on any atom is -0.545 e. The molecule has 1 N–H and O–H groups in total. The number of hydrogen-bond acceptors (Lipinski definition) is 5. The van der Waals surface area contributed by atoms with E-state index in [0.717, 1.165) is 25.3 Å². The van der Waals surface area contributed by atoms with Gasteiger partial charge in [0, 0.05) is 5.92 Å². The molecule has 6 heteroatoms. The van der Waals surface area contributed by atoms with Crippen molar-refractivity contribution in [2.45, 2.75) is 78.9 Å². The van der Waals surface area contributed by atoms with Crippen LogP contribution in [0, 0.1) is 29.1 Å². The predicted octanol–water partition coefficient (Wildman–Crippen LogP) is 0.580. The molecule has 0 heterocycles. The van der Waals surface area contributed by atoms with Gasteiger partial charge in [0.15, 0.2) is 0 Å². The number of carbonyl (C=O) groups excluding carboxylic acids is 2. The first kappa shape index (κ1) is 28.2.